The zero-order valence-corrected chi connectivity index (χ0v) is 18.8. The first kappa shape index (κ1) is 21.9. The molecule has 0 spiro atoms. The van der Waals surface area contributed by atoms with Gasteiger partial charge in [0.05, 0.1) is 5.75 Å². The Balaban J connectivity index is 1.28. The average Bonchev–Trinajstić information content (AvgIpc) is 3.26. The molecule has 2 aromatic carbocycles. The highest BCUT2D eigenvalue weighted by molar-refractivity contribution is 7.99. The molecular formula is C23H26N6O2S. The summed E-state index contributed by atoms with van der Waals surface area (Å²) < 4.78 is 2.03. The molecule has 1 aromatic heterocycles. The van der Waals surface area contributed by atoms with Crippen LogP contribution in [0.3, 0.4) is 0 Å². The van der Waals surface area contributed by atoms with Crippen LogP contribution in [0.2, 0.25) is 0 Å². The Morgan fingerprint density at radius 2 is 1.53 bits per heavy atom. The summed E-state index contributed by atoms with van der Waals surface area (Å²) >= 11 is 1.40. The van der Waals surface area contributed by atoms with Gasteiger partial charge < -0.3 is 19.7 Å². The molecule has 0 aliphatic carbocycles. The zero-order chi connectivity index (χ0) is 22.3. The third kappa shape index (κ3) is 5.11. The fraction of sp³-hybridized carbons (Fsp3) is 0.304. The highest BCUT2D eigenvalue weighted by Gasteiger charge is 2.25. The molecule has 1 N–H and O–H groups in total. The van der Waals surface area contributed by atoms with Gasteiger partial charge in [0, 0.05) is 44.0 Å². The third-order valence-electron chi connectivity index (χ3n) is 5.33. The number of carbonyl (C=O) groups excluding carboxylic acids is 2. The van der Waals surface area contributed by atoms with E-state index in [0.717, 1.165) is 28.8 Å². The highest BCUT2D eigenvalue weighted by Crippen LogP contribution is 2.24. The van der Waals surface area contributed by atoms with E-state index in [4.69, 9.17) is 0 Å². The second kappa shape index (κ2) is 10.3. The van der Waals surface area contributed by atoms with Crippen molar-refractivity contribution in [2.24, 2.45) is 0 Å². The van der Waals surface area contributed by atoms with Crippen molar-refractivity contribution < 1.29 is 9.59 Å². The van der Waals surface area contributed by atoms with Gasteiger partial charge in [-0.3, -0.25) is 4.79 Å². The van der Waals surface area contributed by atoms with Crippen molar-refractivity contribution in [1.82, 2.24) is 24.6 Å². The Bertz CT molecular complexity index is 1050. The first-order chi connectivity index (χ1) is 15.7. The van der Waals surface area contributed by atoms with Gasteiger partial charge in [-0.2, -0.15) is 0 Å². The van der Waals surface area contributed by atoms with E-state index in [1.807, 2.05) is 77.1 Å². The Morgan fingerprint density at radius 3 is 2.19 bits per heavy atom. The van der Waals surface area contributed by atoms with Crippen molar-refractivity contribution in [3.63, 3.8) is 0 Å². The molecule has 1 aliphatic rings. The number of aromatic nitrogens is 3. The second-order valence-corrected chi connectivity index (χ2v) is 8.31. The van der Waals surface area contributed by atoms with Gasteiger partial charge in [-0.15, -0.1) is 10.2 Å². The minimum absolute atomic E-state index is 0.0463. The summed E-state index contributed by atoms with van der Waals surface area (Å²) in [5.41, 5.74) is 1.77. The lowest BCUT2D eigenvalue weighted by Gasteiger charge is -2.34. The normalized spacial score (nSPS) is 13.8. The molecule has 3 aromatic rings. The summed E-state index contributed by atoms with van der Waals surface area (Å²) in [5, 5.41) is 12.3. The number of piperazine rings is 1. The number of para-hydroxylation sites is 1. The van der Waals surface area contributed by atoms with Crippen molar-refractivity contribution in [2.45, 2.75) is 18.6 Å². The first-order valence-electron chi connectivity index (χ1n) is 10.7. The van der Waals surface area contributed by atoms with Gasteiger partial charge in [-0.25, -0.2) is 4.79 Å². The fourth-order valence-corrected chi connectivity index (χ4v) is 4.49. The van der Waals surface area contributed by atoms with E-state index in [1.54, 1.807) is 4.90 Å². The Morgan fingerprint density at radius 1 is 0.906 bits per heavy atom. The molecule has 0 bridgehead atoms. The number of hydrogen-bond acceptors (Lipinski definition) is 5. The molecule has 2 heterocycles. The third-order valence-corrected chi connectivity index (χ3v) is 6.29. The van der Waals surface area contributed by atoms with Crippen LogP contribution in [0.25, 0.3) is 11.4 Å². The SMILES string of the molecule is CCn1c(SCC(=O)N2CCN(C(=O)Nc3ccccc3)CC2)nnc1-c1ccccc1. The minimum Gasteiger partial charge on any atom is -0.338 e. The lowest BCUT2D eigenvalue weighted by atomic mass is 10.2. The summed E-state index contributed by atoms with van der Waals surface area (Å²) in [6.07, 6.45) is 0. The average molecular weight is 451 g/mol. The number of anilines is 1. The zero-order valence-electron chi connectivity index (χ0n) is 18.0. The minimum atomic E-state index is -0.137. The molecule has 1 saturated heterocycles. The van der Waals surface area contributed by atoms with Crippen LogP contribution in [0.4, 0.5) is 10.5 Å². The molecule has 0 saturated carbocycles. The number of rotatable bonds is 6. The number of amides is 3. The van der Waals surface area contributed by atoms with Crippen molar-refractivity contribution in [1.29, 1.82) is 0 Å². The van der Waals surface area contributed by atoms with Crippen LogP contribution in [0.5, 0.6) is 0 Å². The quantitative estimate of drug-likeness (QED) is 0.582. The molecule has 1 aliphatic heterocycles. The van der Waals surface area contributed by atoms with E-state index in [9.17, 15) is 9.59 Å². The van der Waals surface area contributed by atoms with Crippen molar-refractivity contribution in [3.05, 3.63) is 60.7 Å². The maximum Gasteiger partial charge on any atom is 0.321 e. The van der Waals surface area contributed by atoms with E-state index in [2.05, 4.69) is 15.5 Å². The number of thioether (sulfide) groups is 1. The summed E-state index contributed by atoms with van der Waals surface area (Å²) in [6, 6.07) is 19.2. The Labute approximate surface area is 191 Å². The van der Waals surface area contributed by atoms with Crippen molar-refractivity contribution >= 4 is 29.4 Å². The molecule has 0 radical (unpaired) electrons. The molecule has 1 fully saturated rings. The molecule has 8 nitrogen and oxygen atoms in total. The Kier molecular flexibility index (Phi) is 7.06. The maximum absolute atomic E-state index is 12.7. The molecule has 9 heteroatoms. The van der Waals surface area contributed by atoms with Gasteiger partial charge in [0.25, 0.3) is 0 Å². The fourth-order valence-electron chi connectivity index (χ4n) is 3.58. The number of nitrogens with zero attached hydrogens (tertiary/aromatic N) is 5. The number of carbonyl (C=O) groups is 2. The summed E-state index contributed by atoms with van der Waals surface area (Å²) in [6.45, 7) is 4.84. The van der Waals surface area contributed by atoms with E-state index >= 15 is 0 Å². The molecule has 32 heavy (non-hydrogen) atoms. The van der Waals surface area contributed by atoms with E-state index < -0.39 is 0 Å². The highest BCUT2D eigenvalue weighted by atomic mass is 32.2. The van der Waals surface area contributed by atoms with Gasteiger partial charge in [-0.05, 0) is 19.1 Å². The summed E-state index contributed by atoms with van der Waals surface area (Å²) in [7, 11) is 0. The van der Waals surface area contributed by atoms with Crippen LogP contribution in [-0.4, -0.2) is 68.4 Å². The molecule has 0 atom stereocenters. The molecule has 0 unspecified atom stereocenters. The lowest BCUT2D eigenvalue weighted by molar-refractivity contribution is -0.129. The van der Waals surface area contributed by atoms with Gasteiger partial charge in [0.1, 0.15) is 0 Å². The van der Waals surface area contributed by atoms with E-state index in [-0.39, 0.29) is 11.9 Å². The van der Waals surface area contributed by atoms with E-state index in [1.165, 1.54) is 11.8 Å². The standard InChI is InChI=1S/C23H26N6O2S/c1-2-29-21(18-9-5-3-6-10-18)25-26-23(29)32-17-20(30)27-13-15-28(16-14-27)22(31)24-19-11-7-4-8-12-19/h3-12H,2,13-17H2,1H3,(H,24,31). The van der Waals surface area contributed by atoms with Crippen molar-refractivity contribution in [2.75, 3.05) is 37.2 Å². The van der Waals surface area contributed by atoms with Crippen LogP contribution in [0, 0.1) is 0 Å². The van der Waals surface area contributed by atoms with Crippen LogP contribution in [0.1, 0.15) is 6.92 Å². The van der Waals surface area contributed by atoms with Gasteiger partial charge in [0.15, 0.2) is 11.0 Å². The largest absolute Gasteiger partial charge is 0.338 e. The molecule has 166 valence electrons. The van der Waals surface area contributed by atoms with Gasteiger partial charge in [-0.1, -0.05) is 60.3 Å². The van der Waals surface area contributed by atoms with Crippen LogP contribution < -0.4 is 5.32 Å². The lowest BCUT2D eigenvalue weighted by Crippen LogP contribution is -2.52. The van der Waals surface area contributed by atoms with E-state index in [0.29, 0.717) is 31.9 Å². The number of hydrogen-bond donors (Lipinski definition) is 1. The van der Waals surface area contributed by atoms with Crippen LogP contribution in [0.15, 0.2) is 65.8 Å². The molecule has 4 rings (SSSR count). The predicted octanol–water partition coefficient (Wildman–Crippen LogP) is 3.43. The van der Waals surface area contributed by atoms with Crippen LogP contribution >= 0.6 is 11.8 Å². The smallest absolute Gasteiger partial charge is 0.321 e. The summed E-state index contributed by atoms with van der Waals surface area (Å²) in [4.78, 5) is 28.7. The van der Waals surface area contributed by atoms with Crippen molar-refractivity contribution in [3.8, 4) is 11.4 Å². The first-order valence-corrected chi connectivity index (χ1v) is 11.6. The summed E-state index contributed by atoms with van der Waals surface area (Å²) in [5.74, 6) is 1.15. The number of urea groups is 1. The van der Waals surface area contributed by atoms with Gasteiger partial charge in [0.2, 0.25) is 5.91 Å². The number of benzene rings is 2. The second-order valence-electron chi connectivity index (χ2n) is 7.37. The maximum atomic E-state index is 12.7. The monoisotopic (exact) mass is 450 g/mol. The van der Waals surface area contributed by atoms with Gasteiger partial charge >= 0.3 is 6.03 Å². The number of nitrogens with one attached hydrogen (secondary N) is 1. The molecular weight excluding hydrogens is 424 g/mol. The topological polar surface area (TPSA) is 83.4 Å². The predicted molar refractivity (Wildman–Crippen MR) is 125 cm³/mol. The Hall–Kier alpha value is -3.33. The molecule has 3 amide bonds. The van der Waals surface area contributed by atoms with Crippen LogP contribution in [-0.2, 0) is 11.3 Å².